The SMILES string of the molecule is Cc1nc2scc(C)n2c1CNCCC(=O)N1CCCC1. The van der Waals surface area contributed by atoms with Crippen LogP contribution >= 0.6 is 11.3 Å². The van der Waals surface area contributed by atoms with Gasteiger partial charge in [-0.2, -0.15) is 0 Å². The van der Waals surface area contributed by atoms with Crippen LogP contribution in [0.4, 0.5) is 0 Å². The lowest BCUT2D eigenvalue weighted by Gasteiger charge is -2.15. The van der Waals surface area contributed by atoms with Gasteiger partial charge in [0.1, 0.15) is 0 Å². The highest BCUT2D eigenvalue weighted by molar-refractivity contribution is 7.15. The van der Waals surface area contributed by atoms with Crippen molar-refractivity contribution in [3.63, 3.8) is 0 Å². The van der Waals surface area contributed by atoms with E-state index in [2.05, 4.69) is 27.0 Å². The first-order chi connectivity index (χ1) is 10.2. The predicted octanol–water partition coefficient (Wildman–Crippen LogP) is 2.11. The van der Waals surface area contributed by atoms with Gasteiger partial charge in [0.05, 0.1) is 11.4 Å². The number of rotatable bonds is 5. The van der Waals surface area contributed by atoms with Crippen LogP contribution in [-0.4, -0.2) is 39.8 Å². The average Bonchev–Trinajstić information content (AvgIpc) is 3.15. The van der Waals surface area contributed by atoms with E-state index >= 15 is 0 Å². The number of amides is 1. The Morgan fingerprint density at radius 2 is 2.14 bits per heavy atom. The summed E-state index contributed by atoms with van der Waals surface area (Å²) < 4.78 is 2.20. The number of hydrogen-bond donors (Lipinski definition) is 1. The molecule has 5 nitrogen and oxygen atoms in total. The van der Waals surface area contributed by atoms with Crippen molar-refractivity contribution in [1.29, 1.82) is 0 Å². The molecule has 1 saturated heterocycles. The maximum absolute atomic E-state index is 12.0. The number of aromatic nitrogens is 2. The van der Waals surface area contributed by atoms with Gasteiger partial charge in [0.2, 0.25) is 5.91 Å². The molecule has 114 valence electrons. The van der Waals surface area contributed by atoms with Crippen LogP contribution in [-0.2, 0) is 11.3 Å². The molecule has 1 N–H and O–H groups in total. The van der Waals surface area contributed by atoms with Crippen molar-refractivity contribution in [2.45, 2.75) is 39.7 Å². The van der Waals surface area contributed by atoms with Crippen LogP contribution in [0.5, 0.6) is 0 Å². The van der Waals surface area contributed by atoms with Gasteiger partial charge in [-0.3, -0.25) is 9.20 Å². The first-order valence-electron chi connectivity index (χ1n) is 7.57. The van der Waals surface area contributed by atoms with Crippen molar-refractivity contribution in [2.75, 3.05) is 19.6 Å². The summed E-state index contributed by atoms with van der Waals surface area (Å²) in [5.41, 5.74) is 3.50. The van der Waals surface area contributed by atoms with Crippen LogP contribution in [0.3, 0.4) is 0 Å². The van der Waals surface area contributed by atoms with Crippen LogP contribution in [0.1, 0.15) is 36.3 Å². The second kappa shape index (κ2) is 6.15. The minimum Gasteiger partial charge on any atom is -0.343 e. The smallest absolute Gasteiger partial charge is 0.223 e. The molecule has 0 saturated carbocycles. The van der Waals surface area contributed by atoms with Crippen LogP contribution in [0, 0.1) is 13.8 Å². The minimum atomic E-state index is 0.280. The van der Waals surface area contributed by atoms with Crippen LogP contribution in [0.25, 0.3) is 4.96 Å². The number of fused-ring (bicyclic) bond motifs is 1. The second-order valence-electron chi connectivity index (χ2n) is 5.65. The summed E-state index contributed by atoms with van der Waals surface area (Å²) in [6.45, 7) is 7.52. The lowest BCUT2D eigenvalue weighted by Crippen LogP contribution is -2.30. The summed E-state index contributed by atoms with van der Waals surface area (Å²) in [6, 6.07) is 0. The van der Waals surface area contributed by atoms with Gasteiger partial charge in [-0.15, -0.1) is 11.3 Å². The molecule has 1 aliphatic rings. The van der Waals surface area contributed by atoms with Crippen LogP contribution in [0.15, 0.2) is 5.38 Å². The molecule has 0 aliphatic carbocycles. The fraction of sp³-hybridized carbons (Fsp3) is 0.600. The summed E-state index contributed by atoms with van der Waals surface area (Å²) >= 11 is 1.67. The van der Waals surface area contributed by atoms with Gasteiger partial charge in [0.25, 0.3) is 0 Å². The molecule has 0 spiro atoms. The van der Waals surface area contributed by atoms with Gasteiger partial charge in [-0.1, -0.05) is 0 Å². The quantitative estimate of drug-likeness (QED) is 0.861. The van der Waals surface area contributed by atoms with Crippen molar-refractivity contribution in [2.24, 2.45) is 0 Å². The fourth-order valence-corrected chi connectivity index (χ4v) is 3.83. The number of nitrogens with zero attached hydrogens (tertiary/aromatic N) is 3. The maximum Gasteiger partial charge on any atom is 0.223 e. The van der Waals surface area contributed by atoms with Gasteiger partial charge >= 0.3 is 0 Å². The molecule has 6 heteroatoms. The molecule has 1 amide bonds. The van der Waals surface area contributed by atoms with E-state index in [9.17, 15) is 4.79 Å². The summed E-state index contributed by atoms with van der Waals surface area (Å²) in [5.74, 6) is 0.280. The zero-order valence-corrected chi connectivity index (χ0v) is 13.5. The van der Waals surface area contributed by atoms with E-state index in [-0.39, 0.29) is 5.91 Å². The molecule has 3 heterocycles. The molecule has 3 rings (SSSR count). The summed E-state index contributed by atoms with van der Waals surface area (Å²) in [5, 5.41) is 5.52. The molecule has 1 fully saturated rings. The van der Waals surface area contributed by atoms with Gasteiger partial charge in [0.15, 0.2) is 4.96 Å². The van der Waals surface area contributed by atoms with E-state index in [1.807, 2.05) is 11.8 Å². The Morgan fingerprint density at radius 3 is 2.90 bits per heavy atom. The van der Waals surface area contributed by atoms with E-state index in [1.165, 1.54) is 11.4 Å². The number of carbonyl (C=O) groups is 1. The van der Waals surface area contributed by atoms with Crippen molar-refractivity contribution >= 4 is 22.2 Å². The standard InChI is InChI=1S/C15H22N4OS/c1-11-10-21-15-17-12(2)13(19(11)15)9-16-6-5-14(20)18-7-3-4-8-18/h10,16H,3-9H2,1-2H3. The Morgan fingerprint density at radius 1 is 1.38 bits per heavy atom. The Balaban J connectivity index is 1.53. The maximum atomic E-state index is 12.0. The normalized spacial score (nSPS) is 15.2. The topological polar surface area (TPSA) is 49.6 Å². The number of likely N-dealkylation sites (tertiary alicyclic amines) is 1. The van der Waals surface area contributed by atoms with Crippen LogP contribution < -0.4 is 5.32 Å². The number of thiazole rings is 1. The molecule has 0 bridgehead atoms. The molecule has 0 aromatic carbocycles. The molecule has 21 heavy (non-hydrogen) atoms. The van der Waals surface area contributed by atoms with E-state index in [0.29, 0.717) is 6.42 Å². The molecule has 1 aliphatic heterocycles. The molecular formula is C15H22N4OS. The molecular weight excluding hydrogens is 284 g/mol. The number of carbonyl (C=O) groups excluding carboxylic acids is 1. The fourth-order valence-electron chi connectivity index (χ4n) is 2.90. The van der Waals surface area contributed by atoms with Gasteiger partial charge < -0.3 is 10.2 Å². The van der Waals surface area contributed by atoms with E-state index < -0.39 is 0 Å². The zero-order valence-electron chi connectivity index (χ0n) is 12.7. The Labute approximate surface area is 129 Å². The van der Waals surface area contributed by atoms with E-state index in [0.717, 1.165) is 49.7 Å². The second-order valence-corrected chi connectivity index (χ2v) is 6.49. The van der Waals surface area contributed by atoms with Crippen LogP contribution in [0.2, 0.25) is 0 Å². The Bertz CT molecular complexity index is 639. The third kappa shape index (κ3) is 2.96. The largest absolute Gasteiger partial charge is 0.343 e. The van der Waals surface area contributed by atoms with Crippen molar-refractivity contribution < 1.29 is 4.79 Å². The molecule has 2 aromatic rings. The number of nitrogens with one attached hydrogen (secondary N) is 1. The highest BCUT2D eigenvalue weighted by Crippen LogP contribution is 2.20. The van der Waals surface area contributed by atoms with Gasteiger partial charge in [-0.05, 0) is 26.7 Å². The van der Waals surface area contributed by atoms with E-state index in [4.69, 9.17) is 0 Å². The predicted molar refractivity (Wildman–Crippen MR) is 84.7 cm³/mol. The lowest BCUT2D eigenvalue weighted by molar-refractivity contribution is -0.130. The third-order valence-electron chi connectivity index (χ3n) is 4.10. The highest BCUT2D eigenvalue weighted by atomic mass is 32.1. The molecule has 0 unspecified atom stereocenters. The van der Waals surface area contributed by atoms with Crippen molar-refractivity contribution in [3.8, 4) is 0 Å². The molecule has 0 radical (unpaired) electrons. The monoisotopic (exact) mass is 306 g/mol. The average molecular weight is 306 g/mol. The van der Waals surface area contributed by atoms with E-state index in [1.54, 1.807) is 11.3 Å². The summed E-state index contributed by atoms with van der Waals surface area (Å²) in [4.78, 5) is 19.6. The number of hydrogen-bond acceptors (Lipinski definition) is 4. The third-order valence-corrected chi connectivity index (χ3v) is 5.04. The van der Waals surface area contributed by atoms with Crippen molar-refractivity contribution in [3.05, 3.63) is 22.5 Å². The Kier molecular flexibility index (Phi) is 4.26. The first-order valence-corrected chi connectivity index (χ1v) is 8.45. The summed E-state index contributed by atoms with van der Waals surface area (Å²) in [7, 11) is 0. The molecule has 0 atom stereocenters. The number of imidazole rings is 1. The summed E-state index contributed by atoms with van der Waals surface area (Å²) in [6.07, 6.45) is 2.90. The lowest BCUT2D eigenvalue weighted by atomic mass is 10.3. The highest BCUT2D eigenvalue weighted by Gasteiger charge is 2.17. The zero-order chi connectivity index (χ0) is 14.8. The first kappa shape index (κ1) is 14.5. The number of aryl methyl sites for hydroxylation is 2. The van der Waals surface area contributed by atoms with Gasteiger partial charge in [-0.25, -0.2) is 4.98 Å². The van der Waals surface area contributed by atoms with Gasteiger partial charge in [0, 0.05) is 43.7 Å². The Hall–Kier alpha value is -1.40. The molecule has 2 aromatic heterocycles. The minimum absolute atomic E-state index is 0.280. The van der Waals surface area contributed by atoms with Crippen molar-refractivity contribution in [1.82, 2.24) is 19.6 Å².